The van der Waals surface area contributed by atoms with Gasteiger partial charge in [0.2, 0.25) is 5.88 Å². The number of aromatic nitrogens is 4. The van der Waals surface area contributed by atoms with Crippen LogP contribution in [0.15, 0.2) is 48.9 Å². The van der Waals surface area contributed by atoms with E-state index in [1.54, 1.807) is 42.2 Å². The molecule has 0 saturated carbocycles. The van der Waals surface area contributed by atoms with Crippen LogP contribution in [-0.2, 0) is 4.74 Å². The number of rotatable bonds is 5. The summed E-state index contributed by atoms with van der Waals surface area (Å²) in [6.45, 7) is 3.08. The number of aryl methyl sites for hydroxylation is 1. The molecule has 3 aromatic heterocycles. The molecule has 0 bridgehead atoms. The van der Waals surface area contributed by atoms with E-state index < -0.39 is 0 Å². The fourth-order valence-electron chi connectivity index (χ4n) is 3.90. The Morgan fingerprint density at radius 3 is 2.82 bits per heavy atom. The van der Waals surface area contributed by atoms with Gasteiger partial charge in [0, 0.05) is 48.2 Å². The minimum atomic E-state index is -0.276. The highest BCUT2D eigenvalue weighted by molar-refractivity contribution is 5.96. The lowest BCUT2D eigenvalue weighted by Crippen LogP contribution is -2.18. The van der Waals surface area contributed by atoms with Crippen LogP contribution in [0.4, 0.5) is 0 Å². The number of benzene rings is 1. The van der Waals surface area contributed by atoms with Gasteiger partial charge in [-0.2, -0.15) is 15.3 Å². The van der Waals surface area contributed by atoms with Crippen LogP contribution in [0.5, 0.6) is 5.88 Å². The van der Waals surface area contributed by atoms with Crippen LogP contribution in [0.2, 0.25) is 0 Å². The van der Waals surface area contributed by atoms with Crippen LogP contribution in [0.25, 0.3) is 27.9 Å². The first-order valence-corrected chi connectivity index (χ1v) is 10.9. The summed E-state index contributed by atoms with van der Waals surface area (Å²) in [4.78, 5) is 21.5. The highest BCUT2D eigenvalue weighted by atomic mass is 16.5. The van der Waals surface area contributed by atoms with Crippen molar-refractivity contribution in [3.63, 3.8) is 0 Å². The van der Waals surface area contributed by atoms with Crippen molar-refractivity contribution in [2.45, 2.75) is 19.4 Å². The molecule has 1 N–H and O–H groups in total. The minimum Gasteiger partial charge on any atom is -0.471 e. The third-order valence-electron chi connectivity index (χ3n) is 5.71. The molecule has 1 unspecified atom stereocenters. The van der Waals surface area contributed by atoms with Gasteiger partial charge in [-0.1, -0.05) is 6.07 Å². The summed E-state index contributed by atoms with van der Waals surface area (Å²) in [5.41, 5.74) is 5.20. The van der Waals surface area contributed by atoms with Crippen LogP contribution in [-0.4, -0.2) is 51.9 Å². The van der Waals surface area contributed by atoms with Gasteiger partial charge in [-0.15, -0.1) is 0 Å². The third-order valence-corrected chi connectivity index (χ3v) is 5.71. The van der Waals surface area contributed by atoms with Gasteiger partial charge < -0.3 is 14.8 Å². The molecule has 1 saturated heterocycles. The van der Waals surface area contributed by atoms with Gasteiger partial charge >= 0.3 is 0 Å². The Kier molecular flexibility index (Phi) is 5.65. The van der Waals surface area contributed by atoms with Crippen LogP contribution in [0, 0.1) is 18.3 Å². The SMILES string of the molecule is CNC(=O)c1cc(C#N)cc(-c2cnn3cc(-c4ccc(C)nc4)c(OC4CCOC4)nc23)c1. The molecule has 1 amide bonds. The molecule has 170 valence electrons. The Labute approximate surface area is 196 Å². The summed E-state index contributed by atoms with van der Waals surface area (Å²) in [6.07, 6.45) is 6.00. The predicted octanol–water partition coefficient (Wildman–Crippen LogP) is 3.17. The molecule has 1 aromatic carbocycles. The van der Waals surface area contributed by atoms with Crippen molar-refractivity contribution in [1.82, 2.24) is 24.9 Å². The average molecular weight is 454 g/mol. The van der Waals surface area contributed by atoms with Crippen molar-refractivity contribution in [2.75, 3.05) is 20.3 Å². The number of fused-ring (bicyclic) bond motifs is 1. The maximum atomic E-state index is 12.2. The molecule has 0 spiro atoms. The van der Waals surface area contributed by atoms with Crippen molar-refractivity contribution in [1.29, 1.82) is 5.26 Å². The quantitative estimate of drug-likeness (QED) is 0.493. The number of hydrogen-bond acceptors (Lipinski definition) is 7. The van der Waals surface area contributed by atoms with E-state index in [2.05, 4.69) is 21.5 Å². The highest BCUT2D eigenvalue weighted by Gasteiger charge is 2.22. The molecule has 1 atom stereocenters. The molecule has 1 fully saturated rings. The number of nitriles is 1. The molecule has 34 heavy (non-hydrogen) atoms. The Bertz CT molecular complexity index is 1420. The first-order valence-electron chi connectivity index (χ1n) is 10.9. The van der Waals surface area contributed by atoms with Crippen LogP contribution in [0.1, 0.15) is 28.0 Å². The fraction of sp³-hybridized carbons (Fsp3) is 0.240. The van der Waals surface area contributed by atoms with Crippen molar-refractivity contribution in [2.24, 2.45) is 0 Å². The Balaban J connectivity index is 1.66. The molecule has 1 aliphatic rings. The van der Waals surface area contributed by atoms with Crippen LogP contribution in [0.3, 0.4) is 0 Å². The maximum absolute atomic E-state index is 12.2. The second kappa shape index (κ2) is 8.92. The molecule has 4 aromatic rings. The predicted molar refractivity (Wildman–Crippen MR) is 124 cm³/mol. The second-order valence-electron chi connectivity index (χ2n) is 8.07. The van der Waals surface area contributed by atoms with Gasteiger partial charge in [0.05, 0.1) is 36.6 Å². The summed E-state index contributed by atoms with van der Waals surface area (Å²) in [5, 5.41) is 16.6. The summed E-state index contributed by atoms with van der Waals surface area (Å²) in [7, 11) is 1.55. The fourth-order valence-corrected chi connectivity index (χ4v) is 3.90. The molecular weight excluding hydrogens is 432 g/mol. The number of carbonyl (C=O) groups is 1. The number of pyridine rings is 1. The number of nitrogens with zero attached hydrogens (tertiary/aromatic N) is 5. The van der Waals surface area contributed by atoms with Crippen LogP contribution >= 0.6 is 0 Å². The molecule has 5 rings (SSSR count). The van der Waals surface area contributed by atoms with Gasteiger partial charge in [-0.05, 0) is 36.8 Å². The zero-order chi connectivity index (χ0) is 23.7. The van der Waals surface area contributed by atoms with Gasteiger partial charge in [0.25, 0.3) is 5.91 Å². The molecule has 9 nitrogen and oxygen atoms in total. The van der Waals surface area contributed by atoms with E-state index in [1.807, 2.05) is 25.3 Å². The topological polar surface area (TPSA) is 114 Å². The van der Waals surface area contributed by atoms with Crippen molar-refractivity contribution >= 4 is 11.6 Å². The van der Waals surface area contributed by atoms with E-state index in [1.165, 1.54) is 0 Å². The third kappa shape index (κ3) is 4.07. The molecular formula is C25H22N6O3. The summed E-state index contributed by atoms with van der Waals surface area (Å²) >= 11 is 0. The minimum absolute atomic E-state index is 0.0970. The zero-order valence-electron chi connectivity index (χ0n) is 18.8. The standard InChI is InChI=1S/C25H22N6O3/c1-15-3-4-17(11-28-15)22-13-31-23(30-25(22)34-20-5-6-33-14-20)21(12-29-31)18-7-16(10-26)8-19(9-18)24(32)27-2/h3-4,7-9,11-13,20H,5-6,14H2,1-2H3,(H,27,32). The molecule has 0 aliphatic carbocycles. The largest absolute Gasteiger partial charge is 0.471 e. The Hall–Kier alpha value is -4.29. The van der Waals surface area contributed by atoms with E-state index in [-0.39, 0.29) is 12.0 Å². The number of carbonyl (C=O) groups excluding carboxylic acids is 1. The Morgan fingerprint density at radius 2 is 2.12 bits per heavy atom. The van der Waals surface area contributed by atoms with Crippen molar-refractivity contribution in [3.05, 3.63) is 65.7 Å². The number of ether oxygens (including phenoxy) is 2. The lowest BCUT2D eigenvalue weighted by atomic mass is 10.0. The number of hydrogen-bond donors (Lipinski definition) is 1. The maximum Gasteiger partial charge on any atom is 0.251 e. The van der Waals surface area contributed by atoms with Gasteiger partial charge in [-0.25, -0.2) is 4.52 Å². The van der Waals surface area contributed by atoms with E-state index in [4.69, 9.17) is 14.5 Å². The molecule has 1 aliphatic heterocycles. The zero-order valence-corrected chi connectivity index (χ0v) is 18.8. The lowest BCUT2D eigenvalue weighted by Gasteiger charge is -2.15. The van der Waals surface area contributed by atoms with Crippen molar-refractivity contribution in [3.8, 4) is 34.2 Å². The van der Waals surface area contributed by atoms with E-state index in [0.29, 0.717) is 47.0 Å². The van der Waals surface area contributed by atoms with E-state index in [9.17, 15) is 10.1 Å². The van der Waals surface area contributed by atoms with Gasteiger partial charge in [0.15, 0.2) is 5.65 Å². The van der Waals surface area contributed by atoms with Gasteiger partial charge in [-0.3, -0.25) is 9.78 Å². The average Bonchev–Trinajstić information content (AvgIpc) is 3.53. The normalized spacial score (nSPS) is 15.3. The Morgan fingerprint density at radius 1 is 1.24 bits per heavy atom. The lowest BCUT2D eigenvalue weighted by molar-refractivity contribution is 0.0963. The van der Waals surface area contributed by atoms with E-state index in [0.717, 1.165) is 23.2 Å². The highest BCUT2D eigenvalue weighted by Crippen LogP contribution is 2.33. The first-order chi connectivity index (χ1) is 16.6. The number of amides is 1. The van der Waals surface area contributed by atoms with Crippen molar-refractivity contribution < 1.29 is 14.3 Å². The monoisotopic (exact) mass is 454 g/mol. The molecule has 9 heteroatoms. The van der Waals surface area contributed by atoms with E-state index >= 15 is 0 Å². The number of nitrogens with one attached hydrogen (secondary N) is 1. The summed E-state index contributed by atoms with van der Waals surface area (Å²) in [6, 6.07) is 11.0. The summed E-state index contributed by atoms with van der Waals surface area (Å²) in [5.74, 6) is 0.181. The van der Waals surface area contributed by atoms with Crippen LogP contribution < -0.4 is 10.1 Å². The smallest absolute Gasteiger partial charge is 0.251 e. The molecule has 4 heterocycles. The van der Waals surface area contributed by atoms with Gasteiger partial charge in [0.1, 0.15) is 6.10 Å². The second-order valence-corrected chi connectivity index (χ2v) is 8.07. The first kappa shape index (κ1) is 21.6. The molecule has 0 radical (unpaired) electrons. The summed E-state index contributed by atoms with van der Waals surface area (Å²) < 4.78 is 13.4.